The molecule has 0 saturated heterocycles. The molecular formula is C28H27ClN4O4S. The van der Waals surface area contributed by atoms with Crippen LogP contribution in [-0.2, 0) is 4.84 Å². The van der Waals surface area contributed by atoms with E-state index in [0.29, 0.717) is 17.1 Å². The van der Waals surface area contributed by atoms with Gasteiger partial charge in [-0.25, -0.2) is 4.79 Å². The van der Waals surface area contributed by atoms with Gasteiger partial charge in [0.05, 0.1) is 0 Å². The molecule has 0 bridgehead atoms. The number of hydrogen-bond acceptors (Lipinski definition) is 6. The van der Waals surface area contributed by atoms with Gasteiger partial charge in [0.25, 0.3) is 0 Å². The van der Waals surface area contributed by atoms with E-state index in [0.717, 1.165) is 15.4 Å². The summed E-state index contributed by atoms with van der Waals surface area (Å²) in [5.74, 6) is -0.276. The third-order valence-electron chi connectivity index (χ3n) is 5.24. The lowest BCUT2D eigenvalue weighted by Gasteiger charge is -2.21. The van der Waals surface area contributed by atoms with Crippen LogP contribution in [0.2, 0.25) is 0 Å². The first kappa shape index (κ1) is 28.6. The monoisotopic (exact) mass is 550 g/mol. The quantitative estimate of drug-likeness (QED) is 0.122. The number of halogens is 1. The molecule has 0 N–H and O–H groups in total. The van der Waals surface area contributed by atoms with Crippen LogP contribution in [0.5, 0.6) is 0 Å². The fraction of sp³-hybridized carbons (Fsp3) is 0.179. The number of rotatable bonds is 7. The largest absolute Gasteiger partial charge is 0.463 e. The number of nitrogens with zero attached hydrogens (tertiary/aromatic N) is 4. The molecule has 0 fully saturated rings. The second kappa shape index (κ2) is 13.0. The number of benzene rings is 3. The summed E-state index contributed by atoms with van der Waals surface area (Å²) < 4.78 is 0. The minimum Gasteiger partial charge on any atom is -0.348 e. The maximum absolute atomic E-state index is 12.8. The Balaban J connectivity index is 1.62. The highest BCUT2D eigenvalue weighted by molar-refractivity contribution is 7.99. The van der Waals surface area contributed by atoms with Gasteiger partial charge in [-0.15, -0.1) is 4.99 Å². The fourth-order valence-electron chi connectivity index (χ4n) is 3.41. The minimum absolute atomic E-state index is 0.0191. The van der Waals surface area contributed by atoms with Crippen LogP contribution in [0.25, 0.3) is 0 Å². The molecule has 196 valence electrons. The van der Waals surface area contributed by atoms with Crippen LogP contribution in [0.1, 0.15) is 31.8 Å². The summed E-state index contributed by atoms with van der Waals surface area (Å²) in [5, 5.41) is 2.92. The summed E-state index contributed by atoms with van der Waals surface area (Å²) in [4.78, 5) is 50.8. The highest BCUT2D eigenvalue weighted by Gasteiger charge is 2.15. The molecule has 0 heterocycles. The van der Waals surface area contributed by atoms with Crippen LogP contribution in [0, 0.1) is 6.92 Å². The minimum atomic E-state index is -1.01. The Hall–Kier alpha value is -3.95. The lowest BCUT2D eigenvalue weighted by atomic mass is 9.99. The Bertz CT molecular complexity index is 1370. The molecule has 0 aromatic heterocycles. The first-order valence-corrected chi connectivity index (χ1v) is 12.7. The fourth-order valence-corrected chi connectivity index (χ4v) is 4.37. The highest BCUT2D eigenvalue weighted by atomic mass is 35.5. The number of aryl methyl sites for hydroxylation is 1. The summed E-state index contributed by atoms with van der Waals surface area (Å²) in [5.41, 5.74) is 2.52. The number of carbonyl (C=O) groups excluding carboxylic acids is 3. The van der Waals surface area contributed by atoms with E-state index in [4.69, 9.17) is 11.6 Å². The number of guanidine groups is 1. The van der Waals surface area contributed by atoms with Crippen LogP contribution in [0.4, 0.5) is 4.79 Å². The van der Waals surface area contributed by atoms with Crippen LogP contribution < -0.4 is 0 Å². The molecule has 10 heteroatoms. The molecule has 0 spiro atoms. The van der Waals surface area contributed by atoms with Gasteiger partial charge in [-0.1, -0.05) is 52.8 Å². The first-order chi connectivity index (χ1) is 18.1. The van der Waals surface area contributed by atoms with Crippen molar-refractivity contribution in [3.8, 4) is 0 Å². The van der Waals surface area contributed by atoms with Crippen molar-refractivity contribution < 1.29 is 19.2 Å². The molecule has 0 saturated carbocycles. The van der Waals surface area contributed by atoms with E-state index >= 15 is 0 Å². The molecule has 1 amide bonds. The number of aliphatic imine (C=N–C) groups is 1. The Kier molecular flexibility index (Phi) is 9.81. The number of oxime groups is 1. The predicted octanol–water partition coefficient (Wildman–Crippen LogP) is 5.73. The molecule has 0 unspecified atom stereocenters. The SMILES string of the molecule is Cc1ccccc1C(=O)c1ccc(Sc2ccc(C(=O)/C(Cl)=N/OC(=O)N=C(N(C)C)N(C)C)cc2)cc1. The molecule has 3 aromatic rings. The van der Waals surface area contributed by atoms with E-state index in [1.807, 2.05) is 43.3 Å². The molecule has 0 atom stereocenters. The summed E-state index contributed by atoms with van der Waals surface area (Å²) in [7, 11) is 6.88. The lowest BCUT2D eigenvalue weighted by molar-refractivity contribution is 0.103. The average Bonchev–Trinajstić information content (AvgIpc) is 2.90. The van der Waals surface area contributed by atoms with Gasteiger partial charge in [-0.3, -0.25) is 14.4 Å². The smallest absolute Gasteiger partial charge is 0.348 e. The summed E-state index contributed by atoms with van der Waals surface area (Å²) in [6.45, 7) is 1.92. The number of hydrogen-bond donors (Lipinski definition) is 0. The van der Waals surface area contributed by atoms with E-state index in [2.05, 4.69) is 15.0 Å². The molecule has 38 heavy (non-hydrogen) atoms. The Morgan fingerprint density at radius 2 is 1.32 bits per heavy atom. The zero-order valence-corrected chi connectivity index (χ0v) is 23.2. The van der Waals surface area contributed by atoms with Gasteiger partial charge in [-0.05, 0) is 61.0 Å². The number of ketones is 2. The van der Waals surface area contributed by atoms with Gasteiger partial charge in [0.1, 0.15) is 0 Å². The van der Waals surface area contributed by atoms with E-state index in [-0.39, 0.29) is 11.3 Å². The van der Waals surface area contributed by atoms with E-state index in [9.17, 15) is 14.4 Å². The standard InChI is InChI=1S/C28H27ClN4O4S/c1-18-8-6-7-9-23(18)24(34)19-10-14-21(15-11-19)38-22-16-12-20(13-17-22)25(35)26(29)31-37-28(36)30-27(32(2)3)33(4)5/h6-17H,1-5H3/b31-26-. The van der Waals surface area contributed by atoms with Crippen molar-refractivity contribution in [2.75, 3.05) is 28.2 Å². The van der Waals surface area contributed by atoms with Gasteiger partial charge in [0.2, 0.25) is 16.9 Å². The van der Waals surface area contributed by atoms with Crippen molar-refractivity contribution in [1.29, 1.82) is 0 Å². The van der Waals surface area contributed by atoms with Crippen molar-refractivity contribution in [2.45, 2.75) is 16.7 Å². The second-order valence-corrected chi connectivity index (χ2v) is 10.1. The molecular weight excluding hydrogens is 524 g/mol. The van der Waals surface area contributed by atoms with Gasteiger partial charge >= 0.3 is 6.09 Å². The van der Waals surface area contributed by atoms with Gasteiger partial charge in [0, 0.05) is 54.7 Å². The molecule has 0 aliphatic heterocycles. The molecule has 3 aromatic carbocycles. The van der Waals surface area contributed by atoms with Crippen LogP contribution in [-0.4, -0.2) is 66.8 Å². The summed E-state index contributed by atoms with van der Waals surface area (Å²) in [6.07, 6.45) is -1.01. The van der Waals surface area contributed by atoms with Gasteiger partial charge in [0.15, 0.2) is 5.78 Å². The molecule has 0 aliphatic rings. The van der Waals surface area contributed by atoms with Crippen molar-refractivity contribution in [2.24, 2.45) is 10.1 Å². The Labute approximate surface area is 230 Å². The van der Waals surface area contributed by atoms with Crippen LogP contribution in [0.3, 0.4) is 0 Å². The van der Waals surface area contributed by atoms with Crippen LogP contribution >= 0.6 is 23.4 Å². The molecule has 3 rings (SSSR count). The van der Waals surface area contributed by atoms with Crippen molar-refractivity contribution in [1.82, 2.24) is 9.80 Å². The molecule has 0 radical (unpaired) electrons. The number of Topliss-reactive ketones (excluding diaryl/α,β-unsaturated/α-hetero) is 1. The Morgan fingerprint density at radius 3 is 1.84 bits per heavy atom. The van der Waals surface area contributed by atoms with Crippen molar-refractivity contribution >= 4 is 52.2 Å². The van der Waals surface area contributed by atoms with Crippen molar-refractivity contribution in [3.63, 3.8) is 0 Å². The van der Waals surface area contributed by atoms with Crippen molar-refractivity contribution in [3.05, 3.63) is 95.1 Å². The topological polar surface area (TPSA) is 91.6 Å². The van der Waals surface area contributed by atoms with E-state index in [1.54, 1.807) is 74.4 Å². The molecule has 0 aliphatic carbocycles. The lowest BCUT2D eigenvalue weighted by Crippen LogP contribution is -2.36. The maximum atomic E-state index is 12.8. The third-order valence-corrected chi connectivity index (χ3v) is 6.50. The first-order valence-electron chi connectivity index (χ1n) is 11.5. The molecule has 8 nitrogen and oxygen atoms in total. The zero-order chi connectivity index (χ0) is 27.8. The average molecular weight is 551 g/mol. The summed E-state index contributed by atoms with van der Waals surface area (Å²) in [6, 6.07) is 21.6. The normalized spacial score (nSPS) is 10.9. The zero-order valence-electron chi connectivity index (χ0n) is 21.6. The maximum Gasteiger partial charge on any atom is 0.463 e. The predicted molar refractivity (Wildman–Crippen MR) is 151 cm³/mol. The number of amides is 1. The van der Waals surface area contributed by atoms with Crippen LogP contribution in [0.15, 0.2) is 92.7 Å². The highest BCUT2D eigenvalue weighted by Crippen LogP contribution is 2.28. The van der Waals surface area contributed by atoms with Gasteiger partial charge in [-0.2, -0.15) is 0 Å². The van der Waals surface area contributed by atoms with E-state index in [1.165, 1.54) is 11.8 Å². The third kappa shape index (κ3) is 7.53. The summed E-state index contributed by atoms with van der Waals surface area (Å²) >= 11 is 7.44. The van der Waals surface area contributed by atoms with Gasteiger partial charge < -0.3 is 9.80 Å². The van der Waals surface area contributed by atoms with E-state index < -0.39 is 17.0 Å². The Morgan fingerprint density at radius 1 is 0.789 bits per heavy atom. The number of carbonyl (C=O) groups is 3. The second-order valence-electron chi connectivity index (χ2n) is 8.56.